The van der Waals surface area contributed by atoms with Gasteiger partial charge in [-0.05, 0) is 86.1 Å². The molecule has 0 radical (unpaired) electrons. The molecule has 27 heavy (non-hydrogen) atoms. The molecule has 1 aromatic rings. The van der Waals surface area contributed by atoms with Crippen molar-refractivity contribution in [1.82, 2.24) is 10.6 Å². The second kappa shape index (κ2) is 5.37. The minimum absolute atomic E-state index is 0.133. The van der Waals surface area contributed by atoms with Gasteiger partial charge in [0.05, 0.1) is 5.41 Å². The molecule has 0 spiro atoms. The molecule has 7 atom stereocenters. The zero-order valence-corrected chi connectivity index (χ0v) is 16.5. The molecule has 144 valence electrons. The number of rotatable bonds is 3. The van der Waals surface area contributed by atoms with Crippen molar-refractivity contribution in [2.24, 2.45) is 22.7 Å². The Labute approximate surface area is 162 Å². The second-order valence-corrected chi connectivity index (χ2v) is 11.2. The van der Waals surface area contributed by atoms with Crippen molar-refractivity contribution in [1.29, 1.82) is 0 Å². The number of hydrogen-bond acceptors (Lipinski definition) is 2. The number of hydrogen-bond donors (Lipinski definition) is 2. The highest BCUT2D eigenvalue weighted by Crippen LogP contribution is 2.70. The molecular weight excluding hydrogens is 332 g/mol. The predicted molar refractivity (Wildman–Crippen MR) is 106 cm³/mol. The van der Waals surface area contributed by atoms with Gasteiger partial charge in [-0.1, -0.05) is 37.3 Å². The fraction of sp³-hybridized carbons (Fsp3) is 0.708. The van der Waals surface area contributed by atoms with Crippen molar-refractivity contribution in [3.63, 3.8) is 0 Å². The molecular formula is C24H32N2O. The second-order valence-electron chi connectivity index (χ2n) is 11.2. The Bertz CT molecular complexity index is 778. The molecule has 1 saturated heterocycles. The molecule has 0 aromatic heterocycles. The van der Waals surface area contributed by atoms with Gasteiger partial charge in [0, 0.05) is 12.1 Å². The molecule has 3 nitrogen and oxygen atoms in total. The van der Waals surface area contributed by atoms with E-state index in [1.165, 1.54) is 37.7 Å². The first-order valence-electron chi connectivity index (χ1n) is 11.1. The number of fused-ring (bicyclic) bond motifs is 2. The molecule has 7 rings (SSSR count). The first-order valence-corrected chi connectivity index (χ1v) is 11.1. The highest BCUT2D eigenvalue weighted by Gasteiger charge is 2.64. The fourth-order valence-electron chi connectivity index (χ4n) is 8.62. The minimum atomic E-state index is -0.133. The largest absolute Gasteiger partial charge is 0.351 e. The normalized spacial score (nSPS) is 49.5. The van der Waals surface area contributed by atoms with E-state index in [0.717, 1.165) is 37.6 Å². The highest BCUT2D eigenvalue weighted by molar-refractivity contribution is 5.84. The van der Waals surface area contributed by atoms with Gasteiger partial charge in [0.15, 0.2) is 0 Å². The van der Waals surface area contributed by atoms with E-state index in [2.05, 4.69) is 47.9 Å². The quantitative estimate of drug-likeness (QED) is 0.857. The van der Waals surface area contributed by atoms with Crippen LogP contribution >= 0.6 is 0 Å². The average molecular weight is 365 g/mol. The molecule has 1 heterocycles. The molecule has 6 bridgehead atoms. The molecule has 1 aromatic carbocycles. The summed E-state index contributed by atoms with van der Waals surface area (Å²) in [5.74, 6) is 1.89. The predicted octanol–water partition coefficient (Wildman–Crippen LogP) is 3.78. The van der Waals surface area contributed by atoms with Gasteiger partial charge in [-0.25, -0.2) is 0 Å². The van der Waals surface area contributed by atoms with Crippen LogP contribution in [0.4, 0.5) is 0 Å². The highest BCUT2D eigenvalue weighted by atomic mass is 16.2. The summed E-state index contributed by atoms with van der Waals surface area (Å²) in [6.07, 6.45) is 9.61. The fourth-order valence-corrected chi connectivity index (χ4v) is 8.62. The monoisotopic (exact) mass is 364 g/mol. The molecule has 1 aliphatic heterocycles. The maximum absolute atomic E-state index is 13.7. The van der Waals surface area contributed by atoms with Crippen molar-refractivity contribution >= 4 is 5.91 Å². The van der Waals surface area contributed by atoms with E-state index >= 15 is 0 Å². The van der Waals surface area contributed by atoms with Crippen molar-refractivity contribution in [2.75, 3.05) is 6.54 Å². The number of carbonyl (C=O) groups is 1. The zero-order chi connectivity index (χ0) is 18.3. The lowest BCUT2D eigenvalue weighted by Crippen LogP contribution is -2.63. The lowest BCUT2D eigenvalue weighted by Gasteiger charge is -2.65. The van der Waals surface area contributed by atoms with E-state index in [1.54, 1.807) is 0 Å². The van der Waals surface area contributed by atoms with E-state index in [1.807, 2.05) is 0 Å². The van der Waals surface area contributed by atoms with Crippen LogP contribution in [0.5, 0.6) is 0 Å². The Morgan fingerprint density at radius 1 is 1.04 bits per heavy atom. The number of amides is 1. The zero-order valence-electron chi connectivity index (χ0n) is 16.5. The lowest BCUT2D eigenvalue weighted by molar-refractivity contribution is -0.161. The van der Waals surface area contributed by atoms with Crippen molar-refractivity contribution < 1.29 is 4.79 Å². The topological polar surface area (TPSA) is 41.1 Å². The molecule has 6 fully saturated rings. The van der Waals surface area contributed by atoms with E-state index in [9.17, 15) is 4.79 Å². The minimum Gasteiger partial charge on any atom is -0.351 e. The summed E-state index contributed by atoms with van der Waals surface area (Å²) in [6.45, 7) is 3.62. The van der Waals surface area contributed by atoms with Crippen LogP contribution in [-0.4, -0.2) is 24.5 Å². The van der Waals surface area contributed by atoms with Crippen molar-refractivity contribution in [2.45, 2.75) is 75.8 Å². The van der Waals surface area contributed by atoms with E-state index in [-0.39, 0.29) is 10.8 Å². The maximum Gasteiger partial charge on any atom is 0.226 e. The molecule has 2 N–H and O–H groups in total. The number of nitrogens with one attached hydrogen (secondary N) is 2. The van der Waals surface area contributed by atoms with Crippen molar-refractivity contribution in [3.05, 3.63) is 35.9 Å². The standard InChI is InChI=1S/C24H32N2O/c1-22-9-17-10-23(13-22,18-5-3-2-4-6-18)15-24(11-17,14-22)21(27)26-20-8-16-7-19(20)25-12-16/h2-6,16-17,19-20,25H,7-15H2,1H3,(H,26,27)/t16?,17?,19?,20?,22-,23-,24?/m1/s1. The smallest absolute Gasteiger partial charge is 0.226 e. The molecule has 5 unspecified atom stereocenters. The molecule has 6 aliphatic rings. The SMILES string of the molecule is C[C@]12CC3CC(C(=O)NC4CC5CNC4C5)(C1)C[C@@](c1ccccc1)(C3)C2. The number of carbonyl (C=O) groups excluding carboxylic acids is 1. The van der Waals surface area contributed by atoms with E-state index in [4.69, 9.17) is 0 Å². The Balaban J connectivity index is 1.33. The third-order valence-corrected chi connectivity index (χ3v) is 8.86. The van der Waals surface area contributed by atoms with E-state index in [0.29, 0.717) is 23.4 Å². The molecule has 5 saturated carbocycles. The third-order valence-electron chi connectivity index (χ3n) is 8.86. The first-order chi connectivity index (χ1) is 13.0. The van der Waals surface area contributed by atoms with Crippen LogP contribution in [0.1, 0.15) is 63.9 Å². The van der Waals surface area contributed by atoms with Gasteiger partial charge < -0.3 is 10.6 Å². The van der Waals surface area contributed by atoms with Crippen LogP contribution in [0.2, 0.25) is 0 Å². The van der Waals surface area contributed by atoms with Gasteiger partial charge in [0.25, 0.3) is 0 Å². The Kier molecular flexibility index (Phi) is 3.30. The first kappa shape index (κ1) is 16.6. The van der Waals surface area contributed by atoms with Crippen LogP contribution in [-0.2, 0) is 10.2 Å². The van der Waals surface area contributed by atoms with Gasteiger partial charge in [0.2, 0.25) is 5.91 Å². The van der Waals surface area contributed by atoms with E-state index < -0.39 is 0 Å². The number of benzene rings is 1. The summed E-state index contributed by atoms with van der Waals surface area (Å²) >= 11 is 0. The van der Waals surface area contributed by atoms with Gasteiger partial charge in [0.1, 0.15) is 0 Å². The maximum atomic E-state index is 13.7. The van der Waals surface area contributed by atoms with Crippen LogP contribution in [0, 0.1) is 22.7 Å². The summed E-state index contributed by atoms with van der Waals surface area (Å²) in [6, 6.07) is 12.0. The Morgan fingerprint density at radius 2 is 1.89 bits per heavy atom. The molecule has 3 heteroatoms. The summed E-state index contributed by atoms with van der Waals surface area (Å²) in [5, 5.41) is 7.16. The van der Waals surface area contributed by atoms with Crippen LogP contribution in [0.15, 0.2) is 30.3 Å². The Morgan fingerprint density at radius 3 is 2.59 bits per heavy atom. The van der Waals surface area contributed by atoms with Gasteiger partial charge in [-0.2, -0.15) is 0 Å². The van der Waals surface area contributed by atoms with Crippen LogP contribution in [0.25, 0.3) is 0 Å². The summed E-state index contributed by atoms with van der Waals surface area (Å²) in [4.78, 5) is 13.7. The van der Waals surface area contributed by atoms with Gasteiger partial charge in [-0.15, -0.1) is 0 Å². The van der Waals surface area contributed by atoms with Gasteiger partial charge >= 0.3 is 0 Å². The third kappa shape index (κ3) is 2.40. The lowest BCUT2D eigenvalue weighted by atomic mass is 9.38. The number of piperidine rings is 1. The summed E-state index contributed by atoms with van der Waals surface area (Å²) in [5.41, 5.74) is 1.91. The van der Waals surface area contributed by atoms with Crippen LogP contribution < -0.4 is 10.6 Å². The Hall–Kier alpha value is -1.35. The molecule has 1 amide bonds. The van der Waals surface area contributed by atoms with Crippen molar-refractivity contribution in [3.8, 4) is 0 Å². The van der Waals surface area contributed by atoms with Gasteiger partial charge in [-0.3, -0.25) is 4.79 Å². The molecule has 5 aliphatic carbocycles. The summed E-state index contributed by atoms with van der Waals surface area (Å²) < 4.78 is 0. The van der Waals surface area contributed by atoms with Crippen LogP contribution in [0.3, 0.4) is 0 Å². The average Bonchev–Trinajstić information content (AvgIpc) is 3.23. The summed E-state index contributed by atoms with van der Waals surface area (Å²) in [7, 11) is 0.